The van der Waals surface area contributed by atoms with Gasteiger partial charge in [-0.3, -0.25) is 0 Å². The van der Waals surface area contributed by atoms with E-state index in [2.05, 4.69) is 48.2 Å². The van der Waals surface area contributed by atoms with Crippen LogP contribution in [-0.2, 0) is 12.8 Å². The number of hydrogen-bond donors (Lipinski definition) is 1. The molecule has 4 rings (SSSR count). The van der Waals surface area contributed by atoms with Crippen molar-refractivity contribution in [2.45, 2.75) is 25.7 Å². The van der Waals surface area contributed by atoms with Gasteiger partial charge in [-0.1, -0.05) is 30.3 Å². The topological polar surface area (TPSA) is 29.3 Å². The predicted octanol–water partition coefficient (Wildman–Crippen LogP) is 3.28. The van der Waals surface area contributed by atoms with Gasteiger partial charge in [0.1, 0.15) is 0 Å². The van der Waals surface area contributed by atoms with Gasteiger partial charge in [-0.15, -0.1) is 0 Å². The quantitative estimate of drug-likeness (QED) is 0.843. The van der Waals surface area contributed by atoms with Crippen LogP contribution < -0.4 is 10.6 Å². The second kappa shape index (κ2) is 4.27. The van der Waals surface area contributed by atoms with Crippen molar-refractivity contribution < 1.29 is 0 Å². The minimum Gasteiger partial charge on any atom is -0.398 e. The molecule has 1 aliphatic heterocycles. The van der Waals surface area contributed by atoms with Crippen LogP contribution in [0.3, 0.4) is 0 Å². The summed E-state index contributed by atoms with van der Waals surface area (Å²) < 4.78 is 0. The van der Waals surface area contributed by atoms with Crippen molar-refractivity contribution in [3.05, 3.63) is 58.7 Å². The molecule has 0 radical (unpaired) electrons. The van der Waals surface area contributed by atoms with E-state index in [1.54, 1.807) is 5.56 Å². The Hall–Kier alpha value is -1.96. The predicted molar refractivity (Wildman–Crippen MR) is 84.4 cm³/mol. The van der Waals surface area contributed by atoms with Gasteiger partial charge in [-0.2, -0.15) is 0 Å². The molecule has 1 heterocycles. The normalized spacial score (nSPS) is 19.4. The highest BCUT2D eigenvalue weighted by atomic mass is 15.1. The molecule has 1 atom stereocenters. The highest BCUT2D eigenvalue weighted by molar-refractivity contribution is 5.67. The smallest absolute Gasteiger partial charge is 0.0420 e. The zero-order valence-electron chi connectivity index (χ0n) is 11.9. The first-order valence-corrected chi connectivity index (χ1v) is 7.44. The van der Waals surface area contributed by atoms with Crippen LogP contribution in [0.25, 0.3) is 0 Å². The first-order valence-electron chi connectivity index (χ1n) is 7.44. The van der Waals surface area contributed by atoms with E-state index in [0.717, 1.165) is 25.2 Å². The number of fused-ring (bicyclic) bond motifs is 2. The number of hydrogen-bond acceptors (Lipinski definition) is 2. The van der Waals surface area contributed by atoms with Crippen LogP contribution in [0.2, 0.25) is 0 Å². The lowest BCUT2D eigenvalue weighted by Crippen LogP contribution is -2.32. The average Bonchev–Trinajstić information content (AvgIpc) is 2.79. The van der Waals surface area contributed by atoms with Crippen molar-refractivity contribution in [3.8, 4) is 0 Å². The Kier molecular flexibility index (Phi) is 2.53. The van der Waals surface area contributed by atoms with E-state index in [-0.39, 0.29) is 0 Å². The fourth-order valence-electron chi connectivity index (χ4n) is 3.62. The first kappa shape index (κ1) is 11.8. The zero-order valence-corrected chi connectivity index (χ0v) is 11.9. The molecule has 0 fully saturated rings. The monoisotopic (exact) mass is 264 g/mol. The second-order valence-corrected chi connectivity index (χ2v) is 6.13. The van der Waals surface area contributed by atoms with E-state index in [9.17, 15) is 0 Å². The molecule has 1 unspecified atom stereocenters. The van der Waals surface area contributed by atoms with Crippen molar-refractivity contribution in [1.29, 1.82) is 0 Å². The van der Waals surface area contributed by atoms with E-state index in [1.807, 2.05) is 0 Å². The molecular formula is C18H20N2. The third-order valence-corrected chi connectivity index (χ3v) is 4.86. The van der Waals surface area contributed by atoms with Crippen molar-refractivity contribution in [2.75, 3.05) is 23.7 Å². The van der Waals surface area contributed by atoms with Gasteiger partial charge in [0.05, 0.1) is 0 Å². The molecule has 0 aromatic heterocycles. The largest absolute Gasteiger partial charge is 0.398 e. The van der Waals surface area contributed by atoms with Gasteiger partial charge in [0.15, 0.2) is 0 Å². The Bertz CT molecular complexity index is 675. The van der Waals surface area contributed by atoms with Crippen molar-refractivity contribution in [2.24, 2.45) is 0 Å². The summed E-state index contributed by atoms with van der Waals surface area (Å²) in [5.41, 5.74) is 14.1. The standard InChI is InChI=1S/C18H20N2/c1-12-8-14-6-7-20(18(14)10-17(12)19)11-15-9-13-4-2-3-5-16(13)15/h2-5,8,10,15H,6-7,9,11,19H2,1H3. The minimum absolute atomic E-state index is 0.694. The lowest BCUT2D eigenvalue weighted by atomic mass is 9.77. The van der Waals surface area contributed by atoms with Crippen molar-refractivity contribution in [3.63, 3.8) is 0 Å². The third kappa shape index (κ3) is 1.71. The van der Waals surface area contributed by atoms with Crippen molar-refractivity contribution in [1.82, 2.24) is 0 Å². The van der Waals surface area contributed by atoms with Crippen LogP contribution in [-0.4, -0.2) is 13.1 Å². The Morgan fingerprint density at radius 1 is 1.20 bits per heavy atom. The van der Waals surface area contributed by atoms with E-state index in [1.165, 1.54) is 28.8 Å². The number of nitrogen functional groups attached to an aromatic ring is 1. The maximum absolute atomic E-state index is 6.08. The van der Waals surface area contributed by atoms with Crippen LogP contribution in [0, 0.1) is 6.92 Å². The summed E-state index contributed by atoms with van der Waals surface area (Å²) in [7, 11) is 0. The number of anilines is 2. The SMILES string of the molecule is Cc1cc2c(cc1N)N(CC1Cc3ccccc31)CC2. The molecule has 0 amide bonds. The highest BCUT2D eigenvalue weighted by Crippen LogP contribution is 2.39. The molecule has 2 aliphatic rings. The summed E-state index contributed by atoms with van der Waals surface area (Å²) in [5.74, 6) is 0.694. The fraction of sp³-hybridized carbons (Fsp3) is 0.333. The molecular weight excluding hydrogens is 244 g/mol. The van der Waals surface area contributed by atoms with Gasteiger partial charge in [0.2, 0.25) is 0 Å². The molecule has 2 aromatic rings. The summed E-state index contributed by atoms with van der Waals surface area (Å²) in [4.78, 5) is 2.52. The molecule has 102 valence electrons. The van der Waals surface area contributed by atoms with E-state index >= 15 is 0 Å². The maximum Gasteiger partial charge on any atom is 0.0420 e. The Morgan fingerprint density at radius 2 is 2.05 bits per heavy atom. The first-order chi connectivity index (χ1) is 9.72. The molecule has 0 bridgehead atoms. The number of aryl methyl sites for hydroxylation is 1. The Morgan fingerprint density at radius 3 is 2.90 bits per heavy atom. The Labute approximate surface area is 120 Å². The van der Waals surface area contributed by atoms with Gasteiger partial charge in [0, 0.05) is 30.4 Å². The number of nitrogens with two attached hydrogens (primary N) is 1. The minimum atomic E-state index is 0.694. The van der Waals surface area contributed by atoms with Crippen LogP contribution in [0.15, 0.2) is 36.4 Å². The maximum atomic E-state index is 6.08. The average molecular weight is 264 g/mol. The molecule has 1 aliphatic carbocycles. The Balaban J connectivity index is 1.58. The molecule has 2 N–H and O–H groups in total. The lowest BCUT2D eigenvalue weighted by molar-refractivity contribution is 0.590. The van der Waals surface area contributed by atoms with Crippen LogP contribution >= 0.6 is 0 Å². The summed E-state index contributed by atoms with van der Waals surface area (Å²) in [6.07, 6.45) is 2.38. The zero-order chi connectivity index (χ0) is 13.7. The molecule has 0 saturated carbocycles. The van der Waals surface area contributed by atoms with Gasteiger partial charge in [0.25, 0.3) is 0 Å². The summed E-state index contributed by atoms with van der Waals surface area (Å²) >= 11 is 0. The number of rotatable bonds is 2. The molecule has 0 spiro atoms. The molecule has 2 nitrogen and oxygen atoms in total. The van der Waals surface area contributed by atoms with Gasteiger partial charge in [-0.25, -0.2) is 0 Å². The fourth-order valence-corrected chi connectivity index (χ4v) is 3.62. The number of nitrogens with zero attached hydrogens (tertiary/aromatic N) is 1. The van der Waals surface area contributed by atoms with Gasteiger partial charge in [-0.05, 0) is 48.1 Å². The second-order valence-electron chi connectivity index (χ2n) is 6.13. The van der Waals surface area contributed by atoms with E-state index in [0.29, 0.717) is 5.92 Å². The summed E-state index contributed by atoms with van der Waals surface area (Å²) in [6, 6.07) is 13.3. The molecule has 20 heavy (non-hydrogen) atoms. The van der Waals surface area contributed by atoms with E-state index in [4.69, 9.17) is 5.73 Å². The van der Waals surface area contributed by atoms with Crippen molar-refractivity contribution >= 4 is 11.4 Å². The third-order valence-electron chi connectivity index (χ3n) is 4.86. The van der Waals surface area contributed by atoms with Gasteiger partial charge < -0.3 is 10.6 Å². The summed E-state index contributed by atoms with van der Waals surface area (Å²) in [6.45, 7) is 4.36. The lowest BCUT2D eigenvalue weighted by Gasteiger charge is -2.34. The van der Waals surface area contributed by atoms with Crippen LogP contribution in [0.1, 0.15) is 28.2 Å². The number of benzene rings is 2. The van der Waals surface area contributed by atoms with Crippen LogP contribution in [0.4, 0.5) is 11.4 Å². The molecule has 0 saturated heterocycles. The highest BCUT2D eigenvalue weighted by Gasteiger charge is 2.29. The molecule has 2 heteroatoms. The van der Waals surface area contributed by atoms with Gasteiger partial charge >= 0.3 is 0 Å². The molecule has 2 aromatic carbocycles. The van der Waals surface area contributed by atoms with E-state index < -0.39 is 0 Å². The summed E-state index contributed by atoms with van der Waals surface area (Å²) in [5, 5.41) is 0. The van der Waals surface area contributed by atoms with Crippen LogP contribution in [0.5, 0.6) is 0 Å².